The molecule has 100 valence electrons. The van der Waals surface area contributed by atoms with Gasteiger partial charge in [-0.1, -0.05) is 30.3 Å². The first-order valence-corrected chi connectivity index (χ1v) is 6.34. The molecule has 0 spiro atoms. The zero-order valence-electron chi connectivity index (χ0n) is 10.7. The van der Waals surface area contributed by atoms with Gasteiger partial charge in [0.15, 0.2) is 0 Å². The van der Waals surface area contributed by atoms with Crippen LogP contribution in [0.1, 0.15) is 31.8 Å². The maximum atomic E-state index is 12.2. The topological polar surface area (TPSA) is 57.6 Å². The predicted molar refractivity (Wildman–Crippen MR) is 73.4 cm³/mol. The molecule has 1 aliphatic rings. The lowest BCUT2D eigenvalue weighted by molar-refractivity contribution is 0.0695. The number of fused-ring (bicyclic) bond motifs is 1. The van der Waals surface area contributed by atoms with E-state index in [2.05, 4.69) is 0 Å². The van der Waals surface area contributed by atoms with Crippen molar-refractivity contribution in [1.29, 1.82) is 0 Å². The lowest BCUT2D eigenvalue weighted by Gasteiger charge is -2.15. The molecule has 0 unspecified atom stereocenters. The Labute approximate surface area is 116 Å². The predicted octanol–water partition coefficient (Wildman–Crippen LogP) is 2.54. The van der Waals surface area contributed by atoms with E-state index in [-0.39, 0.29) is 11.5 Å². The van der Waals surface area contributed by atoms with Gasteiger partial charge in [-0.05, 0) is 29.3 Å². The summed E-state index contributed by atoms with van der Waals surface area (Å²) < 4.78 is 0. The molecule has 0 radical (unpaired) electrons. The molecular formula is C16H13NO3. The zero-order valence-corrected chi connectivity index (χ0v) is 10.7. The van der Waals surface area contributed by atoms with E-state index in [1.54, 1.807) is 29.2 Å². The van der Waals surface area contributed by atoms with Gasteiger partial charge in [0.05, 0.1) is 5.56 Å². The fourth-order valence-corrected chi connectivity index (χ4v) is 2.42. The number of carboxylic acid groups (broad SMARTS) is 1. The Balaban J connectivity index is 1.77. The summed E-state index contributed by atoms with van der Waals surface area (Å²) in [7, 11) is 0. The van der Waals surface area contributed by atoms with E-state index in [0.29, 0.717) is 13.1 Å². The van der Waals surface area contributed by atoms with Crippen LogP contribution in [-0.4, -0.2) is 21.9 Å². The van der Waals surface area contributed by atoms with Crippen LogP contribution in [0.3, 0.4) is 0 Å². The first kappa shape index (κ1) is 12.4. The van der Waals surface area contributed by atoms with Crippen molar-refractivity contribution in [2.75, 3.05) is 0 Å². The summed E-state index contributed by atoms with van der Waals surface area (Å²) in [6.07, 6.45) is 0. The Morgan fingerprint density at radius 1 is 1.10 bits per heavy atom. The van der Waals surface area contributed by atoms with Crippen molar-refractivity contribution in [2.24, 2.45) is 0 Å². The monoisotopic (exact) mass is 267 g/mol. The third kappa shape index (κ3) is 2.16. The standard InChI is InChI=1S/C16H13NO3/c18-15-14-4-2-1-3-13(14)10-17(15)9-11-5-7-12(8-6-11)16(19)20/h1-8H,9-10H2,(H,19,20). The molecule has 0 aliphatic carbocycles. The SMILES string of the molecule is O=C(O)c1ccc(CN2Cc3ccccc3C2=O)cc1. The minimum atomic E-state index is -0.943. The van der Waals surface area contributed by atoms with Crippen molar-refractivity contribution in [1.82, 2.24) is 4.90 Å². The van der Waals surface area contributed by atoms with Crippen LogP contribution in [0.5, 0.6) is 0 Å². The van der Waals surface area contributed by atoms with Crippen LogP contribution in [0.15, 0.2) is 48.5 Å². The summed E-state index contributed by atoms with van der Waals surface area (Å²) in [4.78, 5) is 24.8. The highest BCUT2D eigenvalue weighted by molar-refractivity contribution is 5.98. The van der Waals surface area contributed by atoms with Crippen molar-refractivity contribution < 1.29 is 14.7 Å². The van der Waals surface area contributed by atoms with Crippen LogP contribution in [0.4, 0.5) is 0 Å². The van der Waals surface area contributed by atoms with Gasteiger partial charge in [0, 0.05) is 18.7 Å². The van der Waals surface area contributed by atoms with Crippen LogP contribution in [0.2, 0.25) is 0 Å². The maximum Gasteiger partial charge on any atom is 0.335 e. The Bertz CT molecular complexity index is 676. The Morgan fingerprint density at radius 3 is 2.45 bits per heavy atom. The molecule has 1 aliphatic heterocycles. The molecule has 4 nitrogen and oxygen atoms in total. The van der Waals surface area contributed by atoms with Crippen molar-refractivity contribution >= 4 is 11.9 Å². The smallest absolute Gasteiger partial charge is 0.335 e. The normalized spacial score (nSPS) is 13.4. The lowest BCUT2D eigenvalue weighted by Crippen LogP contribution is -2.23. The molecule has 2 aromatic carbocycles. The number of carboxylic acids is 1. The van der Waals surface area contributed by atoms with Gasteiger partial charge in [-0.15, -0.1) is 0 Å². The van der Waals surface area contributed by atoms with E-state index >= 15 is 0 Å². The molecule has 3 rings (SSSR count). The summed E-state index contributed by atoms with van der Waals surface area (Å²) in [6.45, 7) is 1.10. The number of hydrogen-bond acceptors (Lipinski definition) is 2. The van der Waals surface area contributed by atoms with Crippen LogP contribution in [0, 0.1) is 0 Å². The summed E-state index contributed by atoms with van der Waals surface area (Å²) in [6, 6.07) is 14.2. The maximum absolute atomic E-state index is 12.2. The molecular weight excluding hydrogens is 254 g/mol. The van der Waals surface area contributed by atoms with E-state index < -0.39 is 5.97 Å². The van der Waals surface area contributed by atoms with Gasteiger partial charge in [-0.3, -0.25) is 4.79 Å². The number of amides is 1. The highest BCUT2D eigenvalue weighted by atomic mass is 16.4. The molecule has 20 heavy (non-hydrogen) atoms. The van der Waals surface area contributed by atoms with Gasteiger partial charge in [0.1, 0.15) is 0 Å². The second-order valence-electron chi connectivity index (χ2n) is 4.82. The van der Waals surface area contributed by atoms with Crippen LogP contribution >= 0.6 is 0 Å². The van der Waals surface area contributed by atoms with Gasteiger partial charge >= 0.3 is 5.97 Å². The second-order valence-corrected chi connectivity index (χ2v) is 4.82. The first-order chi connectivity index (χ1) is 9.65. The number of aromatic carboxylic acids is 1. The first-order valence-electron chi connectivity index (χ1n) is 6.34. The molecule has 1 amide bonds. The van der Waals surface area contributed by atoms with Crippen LogP contribution < -0.4 is 0 Å². The second kappa shape index (κ2) is 4.81. The van der Waals surface area contributed by atoms with Gasteiger partial charge in [-0.25, -0.2) is 4.79 Å². The number of benzene rings is 2. The number of nitrogens with zero attached hydrogens (tertiary/aromatic N) is 1. The van der Waals surface area contributed by atoms with E-state index in [4.69, 9.17) is 5.11 Å². The number of rotatable bonds is 3. The molecule has 0 atom stereocenters. The van der Waals surface area contributed by atoms with Crippen LogP contribution in [0.25, 0.3) is 0 Å². The molecule has 4 heteroatoms. The number of hydrogen-bond donors (Lipinski definition) is 1. The van der Waals surface area contributed by atoms with Gasteiger partial charge < -0.3 is 10.0 Å². The summed E-state index contributed by atoms with van der Waals surface area (Å²) in [5.41, 5.74) is 2.98. The Hall–Kier alpha value is -2.62. The molecule has 0 fully saturated rings. The quantitative estimate of drug-likeness (QED) is 0.929. The molecule has 0 bridgehead atoms. The summed E-state index contributed by atoms with van der Waals surface area (Å²) >= 11 is 0. The lowest BCUT2D eigenvalue weighted by atomic mass is 10.1. The Morgan fingerprint density at radius 2 is 1.80 bits per heavy atom. The average Bonchev–Trinajstić information content (AvgIpc) is 2.77. The average molecular weight is 267 g/mol. The van der Waals surface area contributed by atoms with E-state index in [1.165, 1.54) is 0 Å². The Kier molecular flexibility index (Phi) is 2.99. The molecule has 1 N–H and O–H groups in total. The summed E-state index contributed by atoms with van der Waals surface area (Å²) in [5, 5.41) is 8.86. The molecule has 1 heterocycles. The molecule has 0 saturated carbocycles. The van der Waals surface area contributed by atoms with Gasteiger partial charge in [-0.2, -0.15) is 0 Å². The summed E-state index contributed by atoms with van der Waals surface area (Å²) in [5.74, 6) is -0.913. The number of carbonyl (C=O) groups is 2. The minimum Gasteiger partial charge on any atom is -0.478 e. The zero-order chi connectivity index (χ0) is 14.1. The van der Waals surface area contributed by atoms with E-state index in [9.17, 15) is 9.59 Å². The largest absolute Gasteiger partial charge is 0.478 e. The highest BCUT2D eigenvalue weighted by Crippen LogP contribution is 2.24. The molecule has 0 aromatic heterocycles. The molecule has 2 aromatic rings. The van der Waals surface area contributed by atoms with Crippen molar-refractivity contribution in [3.05, 3.63) is 70.8 Å². The fraction of sp³-hybridized carbons (Fsp3) is 0.125. The van der Waals surface area contributed by atoms with E-state index in [0.717, 1.165) is 16.7 Å². The third-order valence-electron chi connectivity index (χ3n) is 3.47. The van der Waals surface area contributed by atoms with Gasteiger partial charge in [0.25, 0.3) is 5.91 Å². The fourth-order valence-electron chi connectivity index (χ4n) is 2.42. The van der Waals surface area contributed by atoms with Crippen molar-refractivity contribution in [3.63, 3.8) is 0 Å². The minimum absolute atomic E-state index is 0.0305. The number of carbonyl (C=O) groups excluding carboxylic acids is 1. The van der Waals surface area contributed by atoms with E-state index in [1.807, 2.05) is 24.3 Å². The third-order valence-corrected chi connectivity index (χ3v) is 3.47. The highest BCUT2D eigenvalue weighted by Gasteiger charge is 2.26. The molecule has 0 saturated heterocycles. The van der Waals surface area contributed by atoms with Crippen molar-refractivity contribution in [3.8, 4) is 0 Å². The van der Waals surface area contributed by atoms with Crippen LogP contribution in [-0.2, 0) is 13.1 Å². The van der Waals surface area contributed by atoms with Gasteiger partial charge in [0.2, 0.25) is 0 Å². The van der Waals surface area contributed by atoms with Crippen molar-refractivity contribution in [2.45, 2.75) is 13.1 Å².